The van der Waals surface area contributed by atoms with Crippen LogP contribution >= 0.6 is 0 Å². The molecular weight excluding hydrogens is 160 g/mol. The van der Waals surface area contributed by atoms with Gasteiger partial charge in [-0.2, -0.15) is 0 Å². The van der Waals surface area contributed by atoms with Crippen molar-refractivity contribution in [1.29, 1.82) is 0 Å². The molecular formula is C11H24N2. The fourth-order valence-electron chi connectivity index (χ4n) is 1.73. The summed E-state index contributed by atoms with van der Waals surface area (Å²) in [7, 11) is 4.30. The van der Waals surface area contributed by atoms with Crippen LogP contribution in [-0.4, -0.2) is 37.6 Å². The SMILES string of the molecule is CC(C)C(CN(C)C)NC1CCC1. The molecule has 0 amide bonds. The van der Waals surface area contributed by atoms with E-state index in [1.54, 1.807) is 0 Å². The van der Waals surface area contributed by atoms with Gasteiger partial charge in [0.25, 0.3) is 0 Å². The molecule has 0 aliphatic heterocycles. The molecule has 78 valence electrons. The molecule has 0 aromatic carbocycles. The first kappa shape index (κ1) is 11.0. The predicted octanol–water partition coefficient (Wildman–Crippen LogP) is 1.71. The Morgan fingerprint density at radius 3 is 2.23 bits per heavy atom. The van der Waals surface area contributed by atoms with Gasteiger partial charge in [-0.05, 0) is 32.9 Å². The van der Waals surface area contributed by atoms with Crippen molar-refractivity contribution in [3.8, 4) is 0 Å². The third-order valence-electron chi connectivity index (χ3n) is 2.92. The first-order valence-corrected chi connectivity index (χ1v) is 5.50. The monoisotopic (exact) mass is 184 g/mol. The van der Waals surface area contributed by atoms with Crippen LogP contribution < -0.4 is 5.32 Å². The van der Waals surface area contributed by atoms with Gasteiger partial charge in [0.05, 0.1) is 0 Å². The zero-order valence-corrected chi connectivity index (χ0v) is 9.51. The van der Waals surface area contributed by atoms with Gasteiger partial charge in [0.15, 0.2) is 0 Å². The van der Waals surface area contributed by atoms with E-state index in [-0.39, 0.29) is 0 Å². The van der Waals surface area contributed by atoms with Crippen LogP contribution in [0.1, 0.15) is 33.1 Å². The Kier molecular flexibility index (Phi) is 4.20. The minimum Gasteiger partial charge on any atom is -0.310 e. The van der Waals surface area contributed by atoms with Crippen LogP contribution in [0.2, 0.25) is 0 Å². The summed E-state index contributed by atoms with van der Waals surface area (Å²) in [5, 5.41) is 3.74. The van der Waals surface area contributed by atoms with Crippen molar-refractivity contribution in [3.63, 3.8) is 0 Å². The van der Waals surface area contributed by atoms with E-state index in [0.717, 1.165) is 18.5 Å². The Morgan fingerprint density at radius 2 is 1.92 bits per heavy atom. The van der Waals surface area contributed by atoms with Crippen LogP contribution in [-0.2, 0) is 0 Å². The van der Waals surface area contributed by atoms with Crippen LogP contribution in [0.4, 0.5) is 0 Å². The summed E-state index contributed by atoms with van der Waals surface area (Å²) in [6.07, 6.45) is 4.19. The largest absolute Gasteiger partial charge is 0.310 e. The molecule has 0 aromatic heterocycles. The van der Waals surface area contributed by atoms with Crippen molar-refractivity contribution in [2.75, 3.05) is 20.6 Å². The van der Waals surface area contributed by atoms with E-state index in [9.17, 15) is 0 Å². The Morgan fingerprint density at radius 1 is 1.31 bits per heavy atom. The lowest BCUT2D eigenvalue weighted by Crippen LogP contribution is -2.49. The number of rotatable bonds is 5. The van der Waals surface area contributed by atoms with Gasteiger partial charge in [-0.3, -0.25) is 0 Å². The lowest BCUT2D eigenvalue weighted by atomic mass is 9.91. The summed E-state index contributed by atoms with van der Waals surface area (Å²) in [5.41, 5.74) is 0. The summed E-state index contributed by atoms with van der Waals surface area (Å²) in [5.74, 6) is 0.739. The highest BCUT2D eigenvalue weighted by atomic mass is 15.1. The van der Waals surface area contributed by atoms with Crippen molar-refractivity contribution < 1.29 is 0 Å². The van der Waals surface area contributed by atoms with Crippen molar-refractivity contribution >= 4 is 0 Å². The summed E-state index contributed by atoms with van der Waals surface area (Å²) in [6, 6.07) is 1.48. The first-order chi connectivity index (χ1) is 6.09. The van der Waals surface area contributed by atoms with E-state index >= 15 is 0 Å². The van der Waals surface area contributed by atoms with Crippen LogP contribution in [0.3, 0.4) is 0 Å². The molecule has 0 saturated heterocycles. The Hall–Kier alpha value is -0.0800. The summed E-state index contributed by atoms with van der Waals surface area (Å²) in [6.45, 7) is 5.77. The molecule has 0 spiro atoms. The first-order valence-electron chi connectivity index (χ1n) is 5.50. The molecule has 1 aliphatic rings. The van der Waals surface area contributed by atoms with Gasteiger partial charge < -0.3 is 10.2 Å². The minimum atomic E-state index is 0.667. The second-order valence-corrected chi connectivity index (χ2v) is 4.91. The third-order valence-corrected chi connectivity index (χ3v) is 2.92. The van der Waals surface area contributed by atoms with Gasteiger partial charge in [-0.1, -0.05) is 20.3 Å². The van der Waals surface area contributed by atoms with E-state index in [2.05, 4.69) is 38.2 Å². The number of likely N-dealkylation sites (N-methyl/N-ethyl adjacent to an activating group) is 1. The van der Waals surface area contributed by atoms with Crippen LogP contribution in [0.5, 0.6) is 0 Å². The van der Waals surface area contributed by atoms with E-state index in [1.165, 1.54) is 19.3 Å². The maximum atomic E-state index is 3.74. The molecule has 13 heavy (non-hydrogen) atoms. The molecule has 0 radical (unpaired) electrons. The van der Waals surface area contributed by atoms with E-state index in [4.69, 9.17) is 0 Å². The average Bonchev–Trinajstić information content (AvgIpc) is 1.92. The quantitative estimate of drug-likeness (QED) is 0.700. The standard InChI is InChI=1S/C11H24N2/c1-9(2)11(8-13(3)4)12-10-6-5-7-10/h9-12H,5-8H2,1-4H3. The molecule has 1 unspecified atom stereocenters. The third kappa shape index (κ3) is 3.65. The van der Waals surface area contributed by atoms with E-state index < -0.39 is 0 Å². The average molecular weight is 184 g/mol. The molecule has 1 aliphatic carbocycles. The molecule has 2 nitrogen and oxygen atoms in total. The lowest BCUT2D eigenvalue weighted by molar-refractivity contribution is 0.228. The smallest absolute Gasteiger partial charge is 0.0220 e. The highest BCUT2D eigenvalue weighted by molar-refractivity contribution is 4.83. The zero-order chi connectivity index (χ0) is 9.84. The van der Waals surface area contributed by atoms with Crippen molar-refractivity contribution in [1.82, 2.24) is 10.2 Å². The highest BCUT2D eigenvalue weighted by Crippen LogP contribution is 2.20. The second kappa shape index (κ2) is 4.97. The Balaban J connectivity index is 2.28. The van der Waals surface area contributed by atoms with Gasteiger partial charge in [-0.25, -0.2) is 0 Å². The normalized spacial score (nSPS) is 20.8. The minimum absolute atomic E-state index is 0.667. The lowest BCUT2D eigenvalue weighted by Gasteiger charge is -2.34. The van der Waals surface area contributed by atoms with Crippen molar-refractivity contribution in [2.45, 2.75) is 45.2 Å². The molecule has 1 fully saturated rings. The molecule has 1 rings (SSSR count). The van der Waals surface area contributed by atoms with Gasteiger partial charge in [-0.15, -0.1) is 0 Å². The van der Waals surface area contributed by atoms with Gasteiger partial charge in [0, 0.05) is 18.6 Å². The van der Waals surface area contributed by atoms with Gasteiger partial charge >= 0.3 is 0 Å². The maximum Gasteiger partial charge on any atom is 0.0220 e. The fraction of sp³-hybridized carbons (Fsp3) is 1.00. The molecule has 1 N–H and O–H groups in total. The van der Waals surface area contributed by atoms with Crippen LogP contribution in [0, 0.1) is 5.92 Å². The number of nitrogens with one attached hydrogen (secondary N) is 1. The molecule has 1 saturated carbocycles. The van der Waals surface area contributed by atoms with E-state index in [0.29, 0.717) is 6.04 Å². The topological polar surface area (TPSA) is 15.3 Å². The predicted molar refractivity (Wildman–Crippen MR) is 58.0 cm³/mol. The van der Waals surface area contributed by atoms with Crippen molar-refractivity contribution in [2.24, 2.45) is 5.92 Å². The summed E-state index contributed by atoms with van der Waals surface area (Å²) < 4.78 is 0. The zero-order valence-electron chi connectivity index (χ0n) is 9.51. The second-order valence-electron chi connectivity index (χ2n) is 4.91. The summed E-state index contributed by atoms with van der Waals surface area (Å²) in [4.78, 5) is 2.27. The fourth-order valence-corrected chi connectivity index (χ4v) is 1.73. The number of hydrogen-bond donors (Lipinski definition) is 1. The summed E-state index contributed by atoms with van der Waals surface area (Å²) >= 11 is 0. The van der Waals surface area contributed by atoms with Crippen LogP contribution in [0.25, 0.3) is 0 Å². The van der Waals surface area contributed by atoms with Gasteiger partial charge in [0.1, 0.15) is 0 Å². The number of nitrogens with zero attached hydrogens (tertiary/aromatic N) is 1. The molecule has 0 heterocycles. The molecule has 0 bridgehead atoms. The molecule has 0 aromatic rings. The van der Waals surface area contributed by atoms with Crippen LogP contribution in [0.15, 0.2) is 0 Å². The molecule has 2 heteroatoms. The Labute approximate surface area is 82.7 Å². The Bertz CT molecular complexity index is 139. The van der Waals surface area contributed by atoms with Crippen molar-refractivity contribution in [3.05, 3.63) is 0 Å². The molecule has 1 atom stereocenters. The van der Waals surface area contributed by atoms with Gasteiger partial charge in [0.2, 0.25) is 0 Å². The maximum absolute atomic E-state index is 3.74. The van der Waals surface area contributed by atoms with E-state index in [1.807, 2.05) is 0 Å². The number of hydrogen-bond acceptors (Lipinski definition) is 2. The highest BCUT2D eigenvalue weighted by Gasteiger charge is 2.22.